The number of rotatable bonds is 6. The van der Waals surface area contributed by atoms with Gasteiger partial charge in [-0.25, -0.2) is 24.0 Å². The number of thiophene rings is 1. The van der Waals surface area contributed by atoms with Gasteiger partial charge in [-0.1, -0.05) is 11.6 Å². The Morgan fingerprint density at radius 2 is 2.19 bits per heavy atom. The van der Waals surface area contributed by atoms with Crippen LogP contribution < -0.4 is 16.0 Å². The van der Waals surface area contributed by atoms with Crippen molar-refractivity contribution < 1.29 is 8.42 Å². The Labute approximate surface area is 139 Å². The van der Waals surface area contributed by atoms with Crippen molar-refractivity contribution in [3.05, 3.63) is 38.1 Å². The summed E-state index contributed by atoms with van der Waals surface area (Å²) in [6, 6.07) is 5.09. The standard InChI is InChI=1S/C11H12BrClN4O2S2/c12-7-5-9(11(17-14)15-6-7)21(18,19)16-4-3-8-1-2-10(13)20-8/h1-2,5-6,16H,3-4,14H2,(H,15,17). The lowest BCUT2D eigenvalue weighted by molar-refractivity contribution is 0.581. The number of hydrazine groups is 1. The monoisotopic (exact) mass is 410 g/mol. The molecule has 2 heterocycles. The summed E-state index contributed by atoms with van der Waals surface area (Å²) in [6.45, 7) is 0.260. The lowest BCUT2D eigenvalue weighted by atomic mass is 10.3. The highest BCUT2D eigenvalue weighted by atomic mass is 79.9. The first-order chi connectivity index (χ1) is 9.92. The highest BCUT2D eigenvalue weighted by Gasteiger charge is 2.19. The summed E-state index contributed by atoms with van der Waals surface area (Å²) in [4.78, 5) is 4.91. The molecule has 0 atom stereocenters. The van der Waals surface area contributed by atoms with Gasteiger partial charge in [-0.2, -0.15) is 0 Å². The van der Waals surface area contributed by atoms with Gasteiger partial charge in [0.05, 0.1) is 4.34 Å². The van der Waals surface area contributed by atoms with Crippen LogP contribution in [-0.2, 0) is 16.4 Å². The molecule has 10 heteroatoms. The highest BCUT2D eigenvalue weighted by Crippen LogP contribution is 2.23. The van der Waals surface area contributed by atoms with E-state index in [0.717, 1.165) is 4.88 Å². The Balaban J connectivity index is 2.09. The van der Waals surface area contributed by atoms with E-state index in [2.05, 4.69) is 31.1 Å². The summed E-state index contributed by atoms with van der Waals surface area (Å²) >= 11 is 10.4. The van der Waals surface area contributed by atoms with Crippen molar-refractivity contribution in [3.63, 3.8) is 0 Å². The molecule has 0 aromatic carbocycles. The van der Waals surface area contributed by atoms with Gasteiger partial charge in [-0.05, 0) is 40.5 Å². The lowest BCUT2D eigenvalue weighted by Crippen LogP contribution is -2.27. The number of sulfonamides is 1. The molecule has 4 N–H and O–H groups in total. The molecule has 0 radical (unpaired) electrons. The predicted octanol–water partition coefficient (Wildman–Crippen LogP) is 2.37. The van der Waals surface area contributed by atoms with Crippen molar-refractivity contribution in [3.8, 4) is 0 Å². The Hall–Kier alpha value is -0.710. The molecule has 0 aliphatic carbocycles. The molecule has 0 amide bonds. The van der Waals surface area contributed by atoms with Gasteiger partial charge in [-0.3, -0.25) is 0 Å². The van der Waals surface area contributed by atoms with Gasteiger partial charge in [0.1, 0.15) is 4.90 Å². The molecule has 0 fully saturated rings. The molecule has 114 valence electrons. The van der Waals surface area contributed by atoms with Crippen LogP contribution in [0.5, 0.6) is 0 Å². The zero-order valence-electron chi connectivity index (χ0n) is 10.6. The zero-order chi connectivity index (χ0) is 15.5. The molecule has 0 aliphatic rings. The first-order valence-corrected chi connectivity index (χ1v) is 9.25. The van der Waals surface area contributed by atoms with Crippen LogP contribution in [0.15, 0.2) is 33.8 Å². The van der Waals surface area contributed by atoms with Crippen LogP contribution in [0.25, 0.3) is 0 Å². The summed E-state index contributed by atoms with van der Waals surface area (Å²) in [7, 11) is -3.70. The molecular formula is C11H12BrClN4O2S2. The average molecular weight is 412 g/mol. The van der Waals surface area contributed by atoms with Crippen molar-refractivity contribution in [2.45, 2.75) is 11.3 Å². The van der Waals surface area contributed by atoms with Gasteiger partial charge < -0.3 is 5.43 Å². The molecule has 0 saturated heterocycles. The van der Waals surface area contributed by atoms with E-state index in [0.29, 0.717) is 15.2 Å². The summed E-state index contributed by atoms with van der Waals surface area (Å²) in [5, 5.41) is 0. The quantitative estimate of drug-likeness (QED) is 0.501. The minimum Gasteiger partial charge on any atom is -0.307 e. The number of nitrogens with zero attached hydrogens (tertiary/aromatic N) is 1. The largest absolute Gasteiger partial charge is 0.307 e. The second-order valence-corrected chi connectivity index (χ2v) is 8.45. The first-order valence-electron chi connectivity index (χ1n) is 5.78. The molecule has 2 aromatic heterocycles. The third kappa shape index (κ3) is 4.38. The number of nitrogens with one attached hydrogen (secondary N) is 2. The van der Waals surface area contributed by atoms with Crippen molar-refractivity contribution in [2.24, 2.45) is 5.84 Å². The second-order valence-electron chi connectivity index (χ2n) is 4.00. The fourth-order valence-electron chi connectivity index (χ4n) is 1.61. The summed E-state index contributed by atoms with van der Waals surface area (Å²) in [6.07, 6.45) is 2.02. The number of halogens is 2. The molecule has 0 unspecified atom stereocenters. The molecule has 0 spiro atoms. The second kappa shape index (κ2) is 7.03. The number of pyridine rings is 1. The molecule has 2 aromatic rings. The van der Waals surface area contributed by atoms with Crippen molar-refractivity contribution >= 4 is 54.7 Å². The Bertz CT molecular complexity index is 736. The van der Waals surface area contributed by atoms with E-state index >= 15 is 0 Å². The summed E-state index contributed by atoms with van der Waals surface area (Å²) in [5.41, 5.74) is 2.27. The summed E-state index contributed by atoms with van der Waals surface area (Å²) < 4.78 is 28.3. The van der Waals surface area contributed by atoms with E-state index in [4.69, 9.17) is 17.4 Å². The van der Waals surface area contributed by atoms with Crippen LogP contribution in [0.4, 0.5) is 5.82 Å². The maximum absolute atomic E-state index is 12.3. The van der Waals surface area contributed by atoms with Gasteiger partial charge in [0, 0.05) is 22.1 Å². The normalized spacial score (nSPS) is 11.6. The van der Waals surface area contributed by atoms with E-state index in [1.165, 1.54) is 23.6 Å². The maximum Gasteiger partial charge on any atom is 0.244 e. The van der Waals surface area contributed by atoms with Crippen LogP contribution >= 0.6 is 38.9 Å². The molecule has 0 aliphatic heterocycles. The summed E-state index contributed by atoms with van der Waals surface area (Å²) in [5.74, 6) is 5.37. The maximum atomic E-state index is 12.3. The fraction of sp³-hybridized carbons (Fsp3) is 0.182. The first kappa shape index (κ1) is 16.7. The number of nitrogens with two attached hydrogens (primary N) is 1. The van der Waals surface area contributed by atoms with Gasteiger partial charge in [0.25, 0.3) is 0 Å². The molecule has 0 saturated carbocycles. The average Bonchev–Trinajstić information content (AvgIpc) is 2.84. The number of aromatic nitrogens is 1. The minimum absolute atomic E-state index is 0.0106. The number of hydrogen-bond acceptors (Lipinski definition) is 6. The predicted molar refractivity (Wildman–Crippen MR) is 88.0 cm³/mol. The van der Waals surface area contributed by atoms with Crippen molar-refractivity contribution in [1.29, 1.82) is 0 Å². The molecular weight excluding hydrogens is 400 g/mol. The van der Waals surface area contributed by atoms with Crippen LogP contribution in [0.1, 0.15) is 4.88 Å². The van der Waals surface area contributed by atoms with E-state index in [9.17, 15) is 8.42 Å². The van der Waals surface area contributed by atoms with E-state index in [-0.39, 0.29) is 17.3 Å². The van der Waals surface area contributed by atoms with Crippen LogP contribution in [0, 0.1) is 0 Å². The zero-order valence-corrected chi connectivity index (χ0v) is 14.6. The van der Waals surface area contributed by atoms with E-state index in [1.807, 2.05) is 6.07 Å². The molecule has 2 rings (SSSR count). The Kier molecular flexibility index (Phi) is 5.58. The molecule has 0 bridgehead atoms. The lowest BCUT2D eigenvalue weighted by Gasteiger charge is -2.10. The van der Waals surface area contributed by atoms with Crippen molar-refractivity contribution in [2.75, 3.05) is 12.0 Å². The highest BCUT2D eigenvalue weighted by molar-refractivity contribution is 9.10. The minimum atomic E-state index is -3.70. The third-order valence-corrected chi connectivity index (χ3v) is 5.74. The van der Waals surface area contributed by atoms with Crippen LogP contribution in [-0.4, -0.2) is 19.9 Å². The van der Waals surface area contributed by atoms with Gasteiger partial charge in [0.15, 0.2) is 5.82 Å². The number of nitrogen functional groups attached to an aromatic ring is 1. The molecule has 6 nitrogen and oxygen atoms in total. The van der Waals surface area contributed by atoms with E-state index in [1.54, 1.807) is 6.07 Å². The van der Waals surface area contributed by atoms with Crippen LogP contribution in [0.3, 0.4) is 0 Å². The van der Waals surface area contributed by atoms with Crippen molar-refractivity contribution in [1.82, 2.24) is 9.71 Å². The van der Waals surface area contributed by atoms with Gasteiger partial charge in [-0.15, -0.1) is 11.3 Å². The fourth-order valence-corrected chi connectivity index (χ4v) is 4.35. The van der Waals surface area contributed by atoms with E-state index < -0.39 is 10.0 Å². The Morgan fingerprint density at radius 3 is 2.81 bits per heavy atom. The SMILES string of the molecule is NNc1ncc(Br)cc1S(=O)(=O)NCCc1ccc(Cl)s1. The third-order valence-electron chi connectivity index (χ3n) is 2.54. The van der Waals surface area contributed by atoms with Crippen LogP contribution in [0.2, 0.25) is 4.34 Å². The Morgan fingerprint density at radius 1 is 1.43 bits per heavy atom. The topological polar surface area (TPSA) is 97.1 Å². The number of anilines is 1. The smallest absolute Gasteiger partial charge is 0.244 e. The van der Waals surface area contributed by atoms with Gasteiger partial charge >= 0.3 is 0 Å². The number of hydrogen-bond donors (Lipinski definition) is 3. The molecule has 21 heavy (non-hydrogen) atoms. The van der Waals surface area contributed by atoms with Gasteiger partial charge in [0.2, 0.25) is 10.0 Å².